The number of sulfonamides is 1. The number of rotatable bonds is 7. The molecule has 2 rings (SSSR count). The van der Waals surface area contributed by atoms with E-state index in [0.717, 1.165) is 5.56 Å². The Bertz CT molecular complexity index is 673. The summed E-state index contributed by atoms with van der Waals surface area (Å²) >= 11 is 0. The Morgan fingerprint density at radius 2 is 1.82 bits per heavy atom. The Kier molecular flexibility index (Phi) is 5.29. The van der Waals surface area contributed by atoms with E-state index in [4.69, 9.17) is 4.42 Å². The van der Waals surface area contributed by atoms with Crippen molar-refractivity contribution in [2.45, 2.75) is 33.7 Å². The molecule has 1 aromatic heterocycles. The van der Waals surface area contributed by atoms with Gasteiger partial charge in [0.1, 0.15) is 5.76 Å². The molecule has 120 valence electrons. The molecule has 1 aromatic carbocycles. The summed E-state index contributed by atoms with van der Waals surface area (Å²) in [7, 11) is -3.39. The van der Waals surface area contributed by atoms with Crippen molar-refractivity contribution in [1.82, 2.24) is 0 Å². The predicted molar refractivity (Wildman–Crippen MR) is 89.3 cm³/mol. The van der Waals surface area contributed by atoms with Crippen LogP contribution < -0.4 is 4.31 Å². The number of hydrogen-bond acceptors (Lipinski definition) is 3. The van der Waals surface area contributed by atoms with Crippen LogP contribution in [0, 0.1) is 12.8 Å². The fourth-order valence-electron chi connectivity index (χ4n) is 2.10. The van der Waals surface area contributed by atoms with Gasteiger partial charge in [0.25, 0.3) is 0 Å². The van der Waals surface area contributed by atoms with Gasteiger partial charge in [-0.3, -0.25) is 4.31 Å². The van der Waals surface area contributed by atoms with Crippen LogP contribution in [0.1, 0.15) is 31.6 Å². The number of aryl methyl sites for hydroxylation is 1. The second-order valence-electron chi connectivity index (χ2n) is 5.92. The quantitative estimate of drug-likeness (QED) is 0.775. The molecule has 0 N–H and O–H groups in total. The minimum atomic E-state index is -3.39. The van der Waals surface area contributed by atoms with Crippen molar-refractivity contribution < 1.29 is 12.8 Å². The molecule has 0 unspecified atom stereocenters. The van der Waals surface area contributed by atoms with Gasteiger partial charge in [0, 0.05) is 0 Å². The molecular weight excluding hydrogens is 298 g/mol. The molecule has 0 fully saturated rings. The van der Waals surface area contributed by atoms with E-state index in [0.29, 0.717) is 23.8 Å². The molecule has 0 bridgehead atoms. The summed E-state index contributed by atoms with van der Waals surface area (Å²) in [6.07, 6.45) is 2.20. The standard InChI is InChI=1S/C17H23NO3S/c1-14(2)10-12-22(19,20)18(13-17-5-4-11-21-17)16-8-6-15(3)7-9-16/h4-9,11,14H,10,12-13H2,1-3H3. The number of benzene rings is 1. The van der Waals surface area contributed by atoms with E-state index in [1.54, 1.807) is 18.4 Å². The maximum Gasteiger partial charge on any atom is 0.235 e. The average Bonchev–Trinajstić information content (AvgIpc) is 2.97. The van der Waals surface area contributed by atoms with E-state index in [9.17, 15) is 8.42 Å². The molecule has 22 heavy (non-hydrogen) atoms. The highest BCUT2D eigenvalue weighted by atomic mass is 32.2. The Labute approximate surface area is 132 Å². The fourth-order valence-corrected chi connectivity index (χ4v) is 3.86. The molecule has 0 amide bonds. The molecule has 0 spiro atoms. The van der Waals surface area contributed by atoms with Gasteiger partial charge in [-0.1, -0.05) is 31.5 Å². The lowest BCUT2D eigenvalue weighted by Crippen LogP contribution is -2.33. The van der Waals surface area contributed by atoms with Gasteiger partial charge >= 0.3 is 0 Å². The van der Waals surface area contributed by atoms with E-state index in [-0.39, 0.29) is 12.3 Å². The molecule has 1 heterocycles. The first-order valence-electron chi connectivity index (χ1n) is 7.48. The number of anilines is 1. The molecule has 0 saturated carbocycles. The third-order valence-corrected chi connectivity index (χ3v) is 5.25. The smallest absolute Gasteiger partial charge is 0.235 e. The number of hydrogen-bond donors (Lipinski definition) is 0. The van der Waals surface area contributed by atoms with Crippen LogP contribution in [0.2, 0.25) is 0 Å². The topological polar surface area (TPSA) is 50.5 Å². The first kappa shape index (κ1) is 16.6. The maximum atomic E-state index is 12.7. The SMILES string of the molecule is Cc1ccc(N(Cc2ccco2)S(=O)(=O)CCC(C)C)cc1. The molecule has 0 radical (unpaired) electrons. The van der Waals surface area contributed by atoms with E-state index in [2.05, 4.69) is 0 Å². The number of furan rings is 1. The van der Waals surface area contributed by atoms with Crippen molar-refractivity contribution >= 4 is 15.7 Å². The van der Waals surface area contributed by atoms with Crippen molar-refractivity contribution in [3.8, 4) is 0 Å². The lowest BCUT2D eigenvalue weighted by molar-refractivity contribution is 0.507. The molecule has 0 saturated heterocycles. The van der Waals surface area contributed by atoms with Crippen LogP contribution in [0.4, 0.5) is 5.69 Å². The minimum absolute atomic E-state index is 0.138. The third kappa shape index (κ3) is 4.37. The Balaban J connectivity index is 2.30. The summed E-state index contributed by atoms with van der Waals surface area (Å²) in [5.41, 5.74) is 1.77. The zero-order chi connectivity index (χ0) is 16.2. The van der Waals surface area contributed by atoms with Gasteiger partial charge in [-0.2, -0.15) is 0 Å². The molecular formula is C17H23NO3S. The Hall–Kier alpha value is -1.75. The van der Waals surface area contributed by atoms with Crippen LogP contribution in [0.15, 0.2) is 47.1 Å². The molecule has 5 heteroatoms. The molecule has 2 aromatic rings. The van der Waals surface area contributed by atoms with E-state index >= 15 is 0 Å². The molecule has 4 nitrogen and oxygen atoms in total. The minimum Gasteiger partial charge on any atom is -0.467 e. The van der Waals surface area contributed by atoms with Crippen molar-refractivity contribution in [1.29, 1.82) is 0 Å². The highest BCUT2D eigenvalue weighted by molar-refractivity contribution is 7.92. The first-order chi connectivity index (χ1) is 10.4. The fraction of sp³-hybridized carbons (Fsp3) is 0.412. The highest BCUT2D eigenvalue weighted by Crippen LogP contribution is 2.23. The average molecular weight is 321 g/mol. The van der Waals surface area contributed by atoms with Gasteiger partial charge in [0.2, 0.25) is 10.0 Å². The summed E-state index contributed by atoms with van der Waals surface area (Å²) in [4.78, 5) is 0. The first-order valence-corrected chi connectivity index (χ1v) is 9.09. The van der Waals surface area contributed by atoms with Gasteiger partial charge in [0.05, 0.1) is 24.2 Å². The normalized spacial score (nSPS) is 11.8. The van der Waals surface area contributed by atoms with Crippen molar-refractivity contribution in [3.63, 3.8) is 0 Å². The lowest BCUT2D eigenvalue weighted by atomic mass is 10.2. The third-order valence-electron chi connectivity index (χ3n) is 3.49. The highest BCUT2D eigenvalue weighted by Gasteiger charge is 2.23. The van der Waals surface area contributed by atoms with Crippen LogP contribution in [-0.2, 0) is 16.6 Å². The summed E-state index contributed by atoms with van der Waals surface area (Å²) in [6.45, 7) is 6.25. The zero-order valence-corrected chi connectivity index (χ0v) is 14.1. The second-order valence-corrected chi connectivity index (χ2v) is 7.93. The van der Waals surface area contributed by atoms with Crippen LogP contribution in [-0.4, -0.2) is 14.2 Å². The lowest BCUT2D eigenvalue weighted by Gasteiger charge is -2.24. The Morgan fingerprint density at radius 1 is 1.14 bits per heavy atom. The summed E-state index contributed by atoms with van der Waals surface area (Å²) in [5.74, 6) is 1.12. The van der Waals surface area contributed by atoms with Gasteiger partial charge < -0.3 is 4.42 Å². The summed E-state index contributed by atoms with van der Waals surface area (Å²) in [5, 5.41) is 0. The molecule has 0 aliphatic heterocycles. The van der Waals surface area contributed by atoms with Crippen LogP contribution in [0.25, 0.3) is 0 Å². The van der Waals surface area contributed by atoms with E-state index < -0.39 is 10.0 Å². The van der Waals surface area contributed by atoms with Crippen molar-refractivity contribution in [2.75, 3.05) is 10.1 Å². The molecule has 0 aliphatic carbocycles. The van der Waals surface area contributed by atoms with Crippen LogP contribution in [0.3, 0.4) is 0 Å². The number of nitrogens with zero attached hydrogens (tertiary/aromatic N) is 1. The van der Waals surface area contributed by atoms with Crippen LogP contribution >= 0.6 is 0 Å². The van der Waals surface area contributed by atoms with E-state index in [1.165, 1.54) is 4.31 Å². The Morgan fingerprint density at radius 3 is 2.36 bits per heavy atom. The maximum absolute atomic E-state index is 12.7. The van der Waals surface area contributed by atoms with Crippen molar-refractivity contribution in [2.24, 2.45) is 5.92 Å². The monoisotopic (exact) mass is 321 g/mol. The predicted octanol–water partition coefficient (Wildman–Crippen LogP) is 3.97. The van der Waals surface area contributed by atoms with Gasteiger partial charge in [0.15, 0.2) is 0 Å². The summed E-state index contributed by atoms with van der Waals surface area (Å²) < 4.78 is 32.2. The molecule has 0 aliphatic rings. The van der Waals surface area contributed by atoms with Crippen LogP contribution in [0.5, 0.6) is 0 Å². The van der Waals surface area contributed by atoms with Gasteiger partial charge in [-0.25, -0.2) is 8.42 Å². The van der Waals surface area contributed by atoms with Gasteiger partial charge in [-0.05, 0) is 43.5 Å². The largest absolute Gasteiger partial charge is 0.467 e. The summed E-state index contributed by atoms with van der Waals surface area (Å²) in [6, 6.07) is 11.1. The second kappa shape index (κ2) is 7.01. The van der Waals surface area contributed by atoms with Crippen molar-refractivity contribution in [3.05, 3.63) is 54.0 Å². The molecule has 0 atom stereocenters. The van der Waals surface area contributed by atoms with E-state index in [1.807, 2.05) is 45.0 Å². The zero-order valence-electron chi connectivity index (χ0n) is 13.3. The van der Waals surface area contributed by atoms with Gasteiger partial charge in [-0.15, -0.1) is 0 Å².